The first kappa shape index (κ1) is 17.8. The summed E-state index contributed by atoms with van der Waals surface area (Å²) in [5, 5.41) is 0. The first-order valence-electron chi connectivity index (χ1n) is 7.55. The summed E-state index contributed by atoms with van der Waals surface area (Å²) in [6.45, 7) is 7.94. The van der Waals surface area contributed by atoms with Crippen LogP contribution < -0.4 is 0 Å². The van der Waals surface area contributed by atoms with E-state index in [1.54, 1.807) is 24.3 Å². The van der Waals surface area contributed by atoms with Gasteiger partial charge >= 0.3 is 0 Å². The maximum atomic E-state index is 12.6. The van der Waals surface area contributed by atoms with Gasteiger partial charge in [0, 0.05) is 13.1 Å². The van der Waals surface area contributed by atoms with Crippen LogP contribution in [0, 0.1) is 0 Å². The summed E-state index contributed by atoms with van der Waals surface area (Å²) in [6.07, 6.45) is 8.32. The molecule has 0 saturated carbocycles. The molecule has 2 amide bonds. The van der Waals surface area contributed by atoms with Gasteiger partial charge in [0.2, 0.25) is 0 Å². The van der Waals surface area contributed by atoms with Gasteiger partial charge in [-0.1, -0.05) is 54.6 Å². The highest BCUT2D eigenvalue weighted by Gasteiger charge is 2.39. The van der Waals surface area contributed by atoms with Crippen molar-refractivity contribution >= 4 is 30.5 Å². The Labute approximate surface area is 147 Å². The lowest BCUT2D eigenvalue weighted by atomic mass is 10.1. The highest BCUT2D eigenvalue weighted by atomic mass is 32.1. The van der Waals surface area contributed by atoms with Gasteiger partial charge in [-0.05, 0) is 11.6 Å². The van der Waals surface area contributed by atoms with Crippen molar-refractivity contribution in [3.63, 3.8) is 0 Å². The summed E-state index contributed by atoms with van der Waals surface area (Å²) in [5.41, 5.74) is 0.468. The van der Waals surface area contributed by atoms with Crippen LogP contribution in [0.25, 0.3) is 6.08 Å². The average molecular weight is 340 g/mol. The monoisotopic (exact) mass is 340 g/mol. The van der Waals surface area contributed by atoms with Crippen LogP contribution in [0.1, 0.15) is 5.56 Å². The van der Waals surface area contributed by atoms with Gasteiger partial charge in [-0.2, -0.15) is 0 Å². The smallest absolute Gasteiger partial charge is 0.262 e. The maximum absolute atomic E-state index is 12.6. The third kappa shape index (κ3) is 3.86. The summed E-state index contributed by atoms with van der Waals surface area (Å²) in [4.78, 5) is 28.1. The van der Waals surface area contributed by atoms with Gasteiger partial charge in [0.25, 0.3) is 11.8 Å². The molecule has 0 aromatic heterocycles. The van der Waals surface area contributed by atoms with Gasteiger partial charge in [0.05, 0.1) is 0 Å². The summed E-state index contributed by atoms with van der Waals surface area (Å²) in [6, 6.07) is 9.66. The molecule has 2 rings (SSSR count). The molecule has 0 atom stereocenters. The van der Waals surface area contributed by atoms with Crippen LogP contribution >= 0.6 is 12.6 Å². The van der Waals surface area contributed by atoms with Crippen molar-refractivity contribution in [2.24, 2.45) is 0 Å². The van der Waals surface area contributed by atoms with Crippen molar-refractivity contribution in [2.45, 2.75) is 5.50 Å². The minimum atomic E-state index is -0.628. The first-order valence-corrected chi connectivity index (χ1v) is 8.07. The number of carbonyl (C=O) groups excluding carboxylic acids is 2. The average Bonchev–Trinajstić information content (AvgIpc) is 2.59. The molecule has 0 aliphatic carbocycles. The molecular formula is C19H20N2O2S. The van der Waals surface area contributed by atoms with Gasteiger partial charge in [0.15, 0.2) is 5.50 Å². The Balaban J connectivity index is 2.31. The number of rotatable bonds is 6. The van der Waals surface area contributed by atoms with Crippen molar-refractivity contribution in [3.8, 4) is 0 Å². The number of nitrogens with zero attached hydrogens (tertiary/aromatic N) is 2. The van der Waals surface area contributed by atoms with Crippen LogP contribution in [0.5, 0.6) is 0 Å². The maximum Gasteiger partial charge on any atom is 0.262 e. The van der Waals surface area contributed by atoms with Crippen molar-refractivity contribution in [2.75, 3.05) is 13.1 Å². The minimum absolute atomic E-state index is 0.108. The third-order valence-corrected chi connectivity index (χ3v) is 4.10. The van der Waals surface area contributed by atoms with Crippen molar-refractivity contribution in [1.29, 1.82) is 0 Å². The lowest BCUT2D eigenvalue weighted by molar-refractivity contribution is -0.144. The summed E-state index contributed by atoms with van der Waals surface area (Å²) in [7, 11) is 0. The molecule has 1 aromatic carbocycles. The number of allylic oxidation sites excluding steroid dienone is 2. The molecular weight excluding hydrogens is 320 g/mol. The molecule has 5 heteroatoms. The van der Waals surface area contributed by atoms with E-state index in [0.29, 0.717) is 13.1 Å². The fourth-order valence-electron chi connectivity index (χ4n) is 2.37. The molecule has 1 aliphatic heterocycles. The van der Waals surface area contributed by atoms with Gasteiger partial charge < -0.3 is 9.80 Å². The number of benzene rings is 1. The van der Waals surface area contributed by atoms with Crippen LogP contribution in [0.4, 0.5) is 0 Å². The zero-order chi connectivity index (χ0) is 17.5. The normalized spacial score (nSPS) is 18.2. The van der Waals surface area contributed by atoms with Crippen LogP contribution in [-0.2, 0) is 9.59 Å². The van der Waals surface area contributed by atoms with Crippen LogP contribution in [0.2, 0.25) is 0 Å². The van der Waals surface area contributed by atoms with Crippen molar-refractivity contribution < 1.29 is 9.59 Å². The number of amides is 2. The van der Waals surface area contributed by atoms with Gasteiger partial charge in [-0.15, -0.1) is 25.8 Å². The Morgan fingerprint density at radius 1 is 1.00 bits per heavy atom. The van der Waals surface area contributed by atoms with Crippen LogP contribution in [-0.4, -0.2) is 40.2 Å². The second-order valence-electron chi connectivity index (χ2n) is 5.19. The molecule has 1 aromatic rings. The Kier molecular flexibility index (Phi) is 6.21. The molecule has 4 nitrogen and oxygen atoms in total. The SMILES string of the molecule is C=CCN1C(=O)C(=C/C=C/c2ccccc2)C(=O)N(CC=C)C1S. The van der Waals surface area contributed by atoms with Crippen LogP contribution in [0.15, 0.2) is 73.4 Å². The van der Waals surface area contributed by atoms with Gasteiger partial charge in [-0.25, -0.2) is 0 Å². The number of thiol groups is 1. The van der Waals surface area contributed by atoms with Crippen molar-refractivity contribution in [3.05, 3.63) is 78.9 Å². The molecule has 1 saturated heterocycles. The molecule has 1 aliphatic rings. The highest BCUT2D eigenvalue weighted by molar-refractivity contribution is 7.80. The molecule has 0 spiro atoms. The summed E-state index contributed by atoms with van der Waals surface area (Å²) < 4.78 is 0. The quantitative estimate of drug-likeness (QED) is 0.374. The van der Waals surface area contributed by atoms with Gasteiger partial charge in [-0.3, -0.25) is 9.59 Å². The van der Waals surface area contributed by atoms with E-state index in [4.69, 9.17) is 0 Å². The molecule has 0 N–H and O–H groups in total. The standard InChI is InChI=1S/C19H20N2O2S/c1-3-13-20-17(22)16(18(23)21(14-4-2)19(20)24)12-8-11-15-9-6-5-7-10-15/h3-12,19,24H,1-2,13-14H2/b11-8+,16-12?. The zero-order valence-corrected chi connectivity index (χ0v) is 14.2. The van der Waals surface area contributed by atoms with E-state index in [1.807, 2.05) is 36.4 Å². The summed E-state index contributed by atoms with van der Waals surface area (Å²) in [5.74, 6) is -0.698. The third-order valence-electron chi connectivity index (χ3n) is 3.54. The topological polar surface area (TPSA) is 40.6 Å². The molecule has 1 heterocycles. The number of hydrogen-bond donors (Lipinski definition) is 1. The highest BCUT2D eigenvalue weighted by Crippen LogP contribution is 2.23. The number of hydrogen-bond acceptors (Lipinski definition) is 3. The first-order chi connectivity index (χ1) is 11.6. The van der Waals surface area contributed by atoms with E-state index in [1.165, 1.54) is 9.80 Å². The Hall–Kier alpha value is -2.53. The largest absolute Gasteiger partial charge is 0.305 e. The second kappa shape index (κ2) is 8.36. The van der Waals surface area contributed by atoms with E-state index in [2.05, 4.69) is 25.8 Å². The molecule has 0 unspecified atom stereocenters. The Bertz CT molecular complexity index is 663. The molecule has 0 radical (unpaired) electrons. The van der Waals surface area contributed by atoms with E-state index in [0.717, 1.165) is 5.56 Å². The fourth-order valence-corrected chi connectivity index (χ4v) is 2.77. The predicted molar refractivity (Wildman–Crippen MR) is 100 cm³/mol. The lowest BCUT2D eigenvalue weighted by Gasteiger charge is -2.40. The van der Waals surface area contributed by atoms with Gasteiger partial charge in [0.1, 0.15) is 5.57 Å². The summed E-state index contributed by atoms with van der Waals surface area (Å²) >= 11 is 4.40. The second-order valence-corrected chi connectivity index (χ2v) is 5.65. The van der Waals surface area contributed by atoms with E-state index in [9.17, 15) is 9.59 Å². The molecule has 0 bridgehead atoms. The van der Waals surface area contributed by atoms with Crippen LogP contribution in [0.3, 0.4) is 0 Å². The molecule has 1 fully saturated rings. The fraction of sp³-hybridized carbons (Fsp3) is 0.158. The Morgan fingerprint density at radius 2 is 1.54 bits per heavy atom. The minimum Gasteiger partial charge on any atom is -0.305 e. The van der Waals surface area contributed by atoms with E-state index >= 15 is 0 Å². The Morgan fingerprint density at radius 3 is 2.04 bits per heavy atom. The number of carbonyl (C=O) groups is 2. The van der Waals surface area contributed by atoms with Crippen molar-refractivity contribution in [1.82, 2.24) is 9.80 Å². The zero-order valence-electron chi connectivity index (χ0n) is 13.3. The predicted octanol–water partition coefficient (Wildman–Crippen LogP) is 2.88. The van der Waals surface area contributed by atoms with E-state index < -0.39 is 5.50 Å². The lowest BCUT2D eigenvalue weighted by Crippen LogP contribution is -2.57. The van der Waals surface area contributed by atoms with E-state index in [-0.39, 0.29) is 17.4 Å². The molecule has 24 heavy (non-hydrogen) atoms. The molecule has 124 valence electrons.